The van der Waals surface area contributed by atoms with Crippen LogP contribution >= 0.6 is 11.3 Å². The zero-order valence-electron chi connectivity index (χ0n) is 17.6. The first-order valence-electron chi connectivity index (χ1n) is 10.1. The van der Waals surface area contributed by atoms with Crippen molar-refractivity contribution in [1.29, 1.82) is 0 Å². The Bertz CT molecular complexity index is 1410. The van der Waals surface area contributed by atoms with Gasteiger partial charge < -0.3 is 15.0 Å². The fourth-order valence-electron chi connectivity index (χ4n) is 3.65. The van der Waals surface area contributed by atoms with Gasteiger partial charge in [-0.15, -0.1) is 11.3 Å². The molecule has 3 heterocycles. The first-order chi connectivity index (χ1) is 15.6. The Morgan fingerprint density at radius 3 is 2.94 bits per heavy atom. The number of hydrogen-bond donors (Lipinski definition) is 2. The van der Waals surface area contributed by atoms with Crippen molar-refractivity contribution < 1.29 is 9.53 Å². The number of anilines is 1. The van der Waals surface area contributed by atoms with Gasteiger partial charge in [0.15, 0.2) is 0 Å². The standard InChI is InChI=1S/C24H21N5O2S/c1-15-10-22(27-23(30)12-17-13-25-20-9-4-3-8-19(17)20)29(28-15)24-26-21(14-32-24)16-6-5-7-18(11-16)31-2/h3-11,13-14,25H,12H2,1-2H3,(H,27,30). The first-order valence-corrected chi connectivity index (χ1v) is 11.0. The van der Waals surface area contributed by atoms with Gasteiger partial charge in [0.25, 0.3) is 0 Å². The van der Waals surface area contributed by atoms with Crippen LogP contribution in [0.2, 0.25) is 0 Å². The number of amides is 1. The monoisotopic (exact) mass is 443 g/mol. The second kappa shape index (κ2) is 8.32. The maximum Gasteiger partial charge on any atom is 0.230 e. The van der Waals surface area contributed by atoms with Crippen molar-refractivity contribution in [3.63, 3.8) is 0 Å². The average molecular weight is 444 g/mol. The van der Waals surface area contributed by atoms with Crippen LogP contribution < -0.4 is 10.1 Å². The van der Waals surface area contributed by atoms with E-state index in [9.17, 15) is 4.79 Å². The summed E-state index contributed by atoms with van der Waals surface area (Å²) in [4.78, 5) is 20.8. The Labute approximate surface area is 188 Å². The summed E-state index contributed by atoms with van der Waals surface area (Å²) in [6, 6.07) is 17.6. The smallest absolute Gasteiger partial charge is 0.230 e. The van der Waals surface area contributed by atoms with E-state index in [-0.39, 0.29) is 12.3 Å². The van der Waals surface area contributed by atoms with Gasteiger partial charge in [-0.2, -0.15) is 9.78 Å². The summed E-state index contributed by atoms with van der Waals surface area (Å²) in [7, 11) is 1.64. The lowest BCUT2D eigenvalue weighted by molar-refractivity contribution is -0.115. The molecule has 1 amide bonds. The number of aryl methyl sites for hydroxylation is 1. The summed E-state index contributed by atoms with van der Waals surface area (Å²) in [6.45, 7) is 1.89. The van der Waals surface area contributed by atoms with Crippen molar-refractivity contribution in [3.05, 3.63) is 77.4 Å². The summed E-state index contributed by atoms with van der Waals surface area (Å²) in [5.74, 6) is 1.26. The van der Waals surface area contributed by atoms with Crippen LogP contribution in [0, 0.1) is 6.92 Å². The van der Waals surface area contributed by atoms with Gasteiger partial charge in [0, 0.05) is 34.1 Å². The fraction of sp³-hybridized carbons (Fsp3) is 0.125. The van der Waals surface area contributed by atoms with Crippen LogP contribution in [0.15, 0.2) is 66.2 Å². The van der Waals surface area contributed by atoms with Crippen molar-refractivity contribution in [1.82, 2.24) is 19.7 Å². The number of H-pyrrole nitrogens is 1. The summed E-state index contributed by atoms with van der Waals surface area (Å²) >= 11 is 1.46. The van der Waals surface area contributed by atoms with Gasteiger partial charge in [0.05, 0.1) is 24.9 Å². The van der Waals surface area contributed by atoms with Gasteiger partial charge in [-0.05, 0) is 30.7 Å². The number of hydrogen-bond acceptors (Lipinski definition) is 5. The number of methoxy groups -OCH3 is 1. The molecule has 0 fully saturated rings. The maximum atomic E-state index is 12.8. The first kappa shape index (κ1) is 20.0. The highest BCUT2D eigenvalue weighted by Crippen LogP contribution is 2.28. The lowest BCUT2D eigenvalue weighted by Gasteiger charge is -2.06. The summed E-state index contributed by atoms with van der Waals surface area (Å²) in [5.41, 5.74) is 4.55. The van der Waals surface area contributed by atoms with E-state index < -0.39 is 0 Å². The number of ether oxygens (including phenoxy) is 1. The number of carbonyl (C=O) groups is 1. The number of aromatic amines is 1. The number of nitrogens with zero attached hydrogens (tertiary/aromatic N) is 3. The lowest BCUT2D eigenvalue weighted by Crippen LogP contribution is -2.17. The predicted octanol–water partition coefficient (Wildman–Crippen LogP) is 4.98. The molecule has 32 heavy (non-hydrogen) atoms. The van der Waals surface area contributed by atoms with E-state index in [4.69, 9.17) is 9.72 Å². The van der Waals surface area contributed by atoms with Crippen LogP contribution in [-0.2, 0) is 11.2 Å². The maximum absolute atomic E-state index is 12.8. The Balaban J connectivity index is 1.38. The van der Waals surface area contributed by atoms with Crippen molar-refractivity contribution >= 4 is 34.0 Å². The normalized spacial score (nSPS) is 11.1. The molecule has 0 atom stereocenters. The summed E-state index contributed by atoms with van der Waals surface area (Å²) < 4.78 is 6.99. The highest BCUT2D eigenvalue weighted by molar-refractivity contribution is 7.12. The van der Waals surface area contributed by atoms with Gasteiger partial charge >= 0.3 is 0 Å². The third-order valence-corrected chi connectivity index (χ3v) is 5.98. The molecule has 8 heteroatoms. The molecule has 2 aromatic carbocycles. The quantitative estimate of drug-likeness (QED) is 0.388. The molecule has 0 radical (unpaired) electrons. The summed E-state index contributed by atoms with van der Waals surface area (Å²) in [6.07, 6.45) is 2.15. The Morgan fingerprint density at radius 2 is 2.06 bits per heavy atom. The molecule has 0 aliphatic heterocycles. The second-order valence-corrected chi connectivity index (χ2v) is 8.25. The highest BCUT2D eigenvalue weighted by atomic mass is 32.1. The van der Waals surface area contributed by atoms with Gasteiger partial charge in [-0.3, -0.25) is 4.79 Å². The average Bonchev–Trinajstić information content (AvgIpc) is 3.53. The SMILES string of the molecule is COc1cccc(-c2csc(-n3nc(C)cc3NC(=O)Cc3c[nH]c4ccccc34)n2)c1. The van der Waals surface area contributed by atoms with Crippen molar-refractivity contribution in [3.8, 4) is 22.1 Å². The molecular formula is C24H21N5O2S. The Kier molecular flexibility index (Phi) is 5.20. The number of aromatic nitrogens is 4. The third kappa shape index (κ3) is 3.88. The molecule has 0 spiro atoms. The van der Waals surface area contributed by atoms with E-state index in [2.05, 4.69) is 15.4 Å². The number of nitrogens with one attached hydrogen (secondary N) is 2. The van der Waals surface area contributed by atoms with E-state index in [1.807, 2.05) is 73.1 Å². The molecule has 7 nitrogen and oxygen atoms in total. The van der Waals surface area contributed by atoms with Gasteiger partial charge in [0.1, 0.15) is 11.6 Å². The number of para-hydroxylation sites is 1. The number of fused-ring (bicyclic) bond motifs is 1. The van der Waals surface area contributed by atoms with Gasteiger partial charge in [0.2, 0.25) is 11.0 Å². The minimum atomic E-state index is -0.111. The van der Waals surface area contributed by atoms with Crippen LogP contribution in [0.1, 0.15) is 11.3 Å². The van der Waals surface area contributed by atoms with E-state index in [0.717, 1.165) is 39.2 Å². The van der Waals surface area contributed by atoms with Crippen molar-refractivity contribution in [2.45, 2.75) is 13.3 Å². The lowest BCUT2D eigenvalue weighted by atomic mass is 10.1. The van der Waals surface area contributed by atoms with Crippen LogP contribution in [0.4, 0.5) is 5.82 Å². The van der Waals surface area contributed by atoms with E-state index in [1.165, 1.54) is 11.3 Å². The molecule has 0 aliphatic rings. The van der Waals surface area contributed by atoms with Crippen LogP contribution in [0.5, 0.6) is 5.75 Å². The molecule has 160 valence electrons. The molecule has 5 rings (SSSR count). The van der Waals surface area contributed by atoms with Crippen molar-refractivity contribution in [2.24, 2.45) is 0 Å². The number of benzene rings is 2. The molecular weight excluding hydrogens is 422 g/mol. The minimum absolute atomic E-state index is 0.111. The molecule has 0 aliphatic carbocycles. The third-order valence-electron chi connectivity index (χ3n) is 5.16. The van der Waals surface area contributed by atoms with Crippen molar-refractivity contribution in [2.75, 3.05) is 12.4 Å². The Morgan fingerprint density at radius 1 is 1.19 bits per heavy atom. The molecule has 0 unspecified atom stereocenters. The van der Waals surface area contributed by atoms with Gasteiger partial charge in [-0.1, -0.05) is 30.3 Å². The zero-order valence-corrected chi connectivity index (χ0v) is 18.4. The molecule has 2 N–H and O–H groups in total. The second-order valence-electron chi connectivity index (χ2n) is 7.41. The van der Waals surface area contributed by atoms with Crippen LogP contribution in [0.25, 0.3) is 27.3 Å². The minimum Gasteiger partial charge on any atom is -0.497 e. The predicted molar refractivity (Wildman–Crippen MR) is 127 cm³/mol. The Hall–Kier alpha value is -3.91. The number of thiazole rings is 1. The van der Waals surface area contributed by atoms with Crippen LogP contribution in [-0.4, -0.2) is 32.8 Å². The molecule has 0 saturated carbocycles. The topological polar surface area (TPSA) is 84.8 Å². The van der Waals surface area contributed by atoms with E-state index in [0.29, 0.717) is 10.9 Å². The fourth-order valence-corrected chi connectivity index (χ4v) is 4.44. The van der Waals surface area contributed by atoms with E-state index in [1.54, 1.807) is 11.8 Å². The highest BCUT2D eigenvalue weighted by Gasteiger charge is 2.16. The van der Waals surface area contributed by atoms with Crippen LogP contribution in [0.3, 0.4) is 0 Å². The molecule has 0 bridgehead atoms. The molecule has 0 saturated heterocycles. The zero-order chi connectivity index (χ0) is 22.1. The van der Waals surface area contributed by atoms with E-state index >= 15 is 0 Å². The molecule has 5 aromatic rings. The van der Waals surface area contributed by atoms with Gasteiger partial charge in [-0.25, -0.2) is 4.98 Å². The number of rotatable bonds is 6. The number of carbonyl (C=O) groups excluding carboxylic acids is 1. The molecule has 3 aromatic heterocycles. The largest absolute Gasteiger partial charge is 0.497 e. The summed E-state index contributed by atoms with van der Waals surface area (Å²) in [5, 5.41) is 11.2.